The van der Waals surface area contributed by atoms with E-state index in [1.807, 2.05) is 11.8 Å². The standard InChI is InChI=1S/C7H11SSe/c1-5-3-6(8-2)7(9)4-5/h5H,3-4H2,1-2H3. The van der Waals surface area contributed by atoms with E-state index in [-0.39, 0.29) is 0 Å². The topological polar surface area (TPSA) is 0 Å². The van der Waals surface area contributed by atoms with E-state index in [4.69, 9.17) is 0 Å². The first-order valence-corrected chi connectivity index (χ1v) is 5.25. The van der Waals surface area contributed by atoms with Crippen LogP contribution in [-0.4, -0.2) is 22.3 Å². The predicted octanol–water partition coefficient (Wildman–Crippen LogP) is 2.16. The molecular formula is C7H11SSe. The van der Waals surface area contributed by atoms with Crippen molar-refractivity contribution in [3.63, 3.8) is 0 Å². The van der Waals surface area contributed by atoms with Gasteiger partial charge >= 0.3 is 69.1 Å². The summed E-state index contributed by atoms with van der Waals surface area (Å²) in [5.41, 5.74) is 0. The fourth-order valence-corrected chi connectivity index (χ4v) is 3.19. The Balaban J connectivity index is 2.58. The molecule has 0 aliphatic heterocycles. The molecule has 0 nitrogen and oxygen atoms in total. The molecule has 0 amide bonds. The third-order valence-corrected chi connectivity index (χ3v) is 3.69. The van der Waals surface area contributed by atoms with Gasteiger partial charge in [0.1, 0.15) is 0 Å². The van der Waals surface area contributed by atoms with Gasteiger partial charge in [0.2, 0.25) is 0 Å². The number of thioether (sulfide) groups is 1. The zero-order chi connectivity index (χ0) is 6.85. The van der Waals surface area contributed by atoms with Crippen molar-refractivity contribution >= 4 is 27.8 Å². The summed E-state index contributed by atoms with van der Waals surface area (Å²) in [4.78, 5) is 1.57. The monoisotopic (exact) mass is 207 g/mol. The zero-order valence-corrected chi connectivity index (χ0v) is 8.34. The Morgan fingerprint density at radius 1 is 1.56 bits per heavy atom. The molecule has 0 bridgehead atoms. The van der Waals surface area contributed by atoms with E-state index in [9.17, 15) is 0 Å². The predicted molar refractivity (Wildman–Crippen MR) is 44.7 cm³/mol. The maximum absolute atomic E-state index is 3.13. The van der Waals surface area contributed by atoms with Gasteiger partial charge in [-0.1, -0.05) is 0 Å². The van der Waals surface area contributed by atoms with Crippen LogP contribution in [0, 0.1) is 5.92 Å². The molecule has 0 saturated carbocycles. The minimum atomic E-state index is 0.878. The Bertz CT molecular complexity index is 140. The minimum absolute atomic E-state index is 0.878. The van der Waals surface area contributed by atoms with Crippen LogP contribution in [0.25, 0.3) is 0 Å². The van der Waals surface area contributed by atoms with Gasteiger partial charge in [0.15, 0.2) is 0 Å². The molecule has 1 atom stereocenters. The average Bonchev–Trinajstić information content (AvgIpc) is 2.10. The Morgan fingerprint density at radius 2 is 2.22 bits per heavy atom. The van der Waals surface area contributed by atoms with Crippen LogP contribution in [0.4, 0.5) is 0 Å². The number of rotatable bonds is 1. The van der Waals surface area contributed by atoms with Gasteiger partial charge in [-0.2, -0.15) is 0 Å². The first kappa shape index (κ1) is 7.71. The van der Waals surface area contributed by atoms with Crippen molar-refractivity contribution in [2.24, 2.45) is 5.92 Å². The molecule has 0 aromatic rings. The van der Waals surface area contributed by atoms with E-state index in [1.54, 1.807) is 4.91 Å². The van der Waals surface area contributed by atoms with Gasteiger partial charge in [0, 0.05) is 0 Å². The third kappa shape index (κ3) is 1.76. The summed E-state index contributed by atoms with van der Waals surface area (Å²) in [7, 11) is 0. The first-order valence-electron chi connectivity index (χ1n) is 3.17. The van der Waals surface area contributed by atoms with E-state index in [0.29, 0.717) is 0 Å². The molecule has 51 valence electrons. The van der Waals surface area contributed by atoms with Crippen molar-refractivity contribution in [1.29, 1.82) is 0 Å². The zero-order valence-electron chi connectivity index (χ0n) is 5.81. The quantitative estimate of drug-likeness (QED) is 0.592. The van der Waals surface area contributed by atoms with Gasteiger partial charge in [-0.05, 0) is 0 Å². The second-order valence-electron chi connectivity index (χ2n) is 2.56. The van der Waals surface area contributed by atoms with Crippen LogP contribution in [0.2, 0.25) is 0 Å². The summed E-state index contributed by atoms with van der Waals surface area (Å²) in [6.45, 7) is 2.31. The molecule has 0 spiro atoms. The molecule has 0 aromatic carbocycles. The molecule has 9 heavy (non-hydrogen) atoms. The summed E-state index contributed by atoms with van der Waals surface area (Å²) >= 11 is 5.02. The fraction of sp³-hybridized carbons (Fsp3) is 0.714. The Labute approximate surface area is 69.3 Å². The van der Waals surface area contributed by atoms with Gasteiger partial charge in [-0.3, -0.25) is 0 Å². The van der Waals surface area contributed by atoms with Crippen molar-refractivity contribution in [2.45, 2.75) is 19.8 Å². The van der Waals surface area contributed by atoms with E-state index >= 15 is 0 Å². The second kappa shape index (κ2) is 3.14. The summed E-state index contributed by atoms with van der Waals surface area (Å²) in [6.07, 6.45) is 4.73. The van der Waals surface area contributed by atoms with Gasteiger partial charge in [-0.25, -0.2) is 0 Å². The Hall–Kier alpha value is 0.609. The molecule has 1 rings (SSSR count). The molecule has 0 saturated heterocycles. The number of hydrogen-bond acceptors (Lipinski definition) is 1. The van der Waals surface area contributed by atoms with Crippen molar-refractivity contribution in [2.75, 3.05) is 6.26 Å². The van der Waals surface area contributed by atoms with Gasteiger partial charge in [0.25, 0.3) is 0 Å². The van der Waals surface area contributed by atoms with Crippen molar-refractivity contribution in [1.82, 2.24) is 0 Å². The molecule has 0 N–H and O–H groups in total. The van der Waals surface area contributed by atoms with E-state index in [1.165, 1.54) is 17.3 Å². The van der Waals surface area contributed by atoms with E-state index in [0.717, 1.165) is 5.92 Å². The van der Waals surface area contributed by atoms with Crippen molar-refractivity contribution in [3.8, 4) is 0 Å². The Morgan fingerprint density at radius 3 is 2.44 bits per heavy atom. The van der Waals surface area contributed by atoms with Gasteiger partial charge < -0.3 is 0 Å². The molecule has 0 heterocycles. The van der Waals surface area contributed by atoms with Crippen LogP contribution in [0.1, 0.15) is 19.8 Å². The molecule has 1 unspecified atom stereocenters. The fourth-order valence-electron chi connectivity index (χ4n) is 1.13. The summed E-state index contributed by atoms with van der Waals surface area (Å²) in [5, 5.41) is 0. The summed E-state index contributed by atoms with van der Waals surface area (Å²) in [5.74, 6) is 0.878. The van der Waals surface area contributed by atoms with Crippen molar-refractivity contribution in [3.05, 3.63) is 9.38 Å². The normalized spacial score (nSPS) is 27.6. The van der Waals surface area contributed by atoms with Crippen LogP contribution in [0.3, 0.4) is 0 Å². The van der Waals surface area contributed by atoms with Crippen molar-refractivity contribution < 1.29 is 0 Å². The molecule has 2 heteroatoms. The van der Waals surface area contributed by atoms with Crippen LogP contribution < -0.4 is 0 Å². The number of allylic oxidation sites excluding steroid dienone is 2. The van der Waals surface area contributed by atoms with Crippen LogP contribution in [-0.2, 0) is 0 Å². The SMILES string of the molecule is CSC1=C([Se])CC(C)C1. The van der Waals surface area contributed by atoms with E-state index < -0.39 is 0 Å². The summed E-state index contributed by atoms with van der Waals surface area (Å²) < 4.78 is 1.50. The molecule has 0 aromatic heterocycles. The molecule has 0 fully saturated rings. The van der Waals surface area contributed by atoms with E-state index in [2.05, 4.69) is 29.2 Å². The molecule has 1 aliphatic carbocycles. The van der Waals surface area contributed by atoms with Crippen LogP contribution in [0.5, 0.6) is 0 Å². The third-order valence-electron chi connectivity index (χ3n) is 1.63. The number of hydrogen-bond donors (Lipinski definition) is 0. The molecule has 1 aliphatic rings. The second-order valence-corrected chi connectivity index (χ2v) is 4.50. The van der Waals surface area contributed by atoms with Gasteiger partial charge in [0.05, 0.1) is 0 Å². The first-order chi connectivity index (χ1) is 4.24. The Kier molecular flexibility index (Phi) is 2.69. The van der Waals surface area contributed by atoms with Crippen LogP contribution >= 0.6 is 11.8 Å². The van der Waals surface area contributed by atoms with Crippen LogP contribution in [0.15, 0.2) is 9.38 Å². The maximum atomic E-state index is 3.13. The molecule has 1 radical (unpaired) electrons. The van der Waals surface area contributed by atoms with Gasteiger partial charge in [-0.15, -0.1) is 0 Å². The molecular weight excluding hydrogens is 195 g/mol. The average molecular weight is 206 g/mol. The summed E-state index contributed by atoms with van der Waals surface area (Å²) in [6, 6.07) is 0.